The molecule has 2 bridgehead atoms. The standard InChI is InChI=1S/C22H23N5O2/c23-13-27-12-14-10-19(27)21(14)24-22(28)18-11-17(25-26-18)16-8-4-5-9-20(16)29-15-6-2-1-3-7-15/h1-9,14,17-19,21,25-26H,10-12H2,(H,24,28)/t14-,17?,18?,19-,21+/m0/s1. The third kappa shape index (κ3) is 3.31. The number of fused-ring (bicyclic) bond motifs is 1. The summed E-state index contributed by atoms with van der Waals surface area (Å²) in [6.07, 6.45) is 3.85. The van der Waals surface area contributed by atoms with E-state index in [0.29, 0.717) is 12.3 Å². The van der Waals surface area contributed by atoms with E-state index in [0.717, 1.165) is 30.0 Å². The quantitative estimate of drug-likeness (QED) is 0.679. The van der Waals surface area contributed by atoms with Crippen LogP contribution in [-0.4, -0.2) is 35.5 Å². The monoisotopic (exact) mass is 389 g/mol. The van der Waals surface area contributed by atoms with Gasteiger partial charge in [0, 0.05) is 18.0 Å². The Balaban J connectivity index is 1.24. The Hall–Kier alpha value is -3.08. The summed E-state index contributed by atoms with van der Waals surface area (Å²) in [4.78, 5) is 14.6. The number of hydrogen-bond donors (Lipinski definition) is 3. The molecule has 1 saturated carbocycles. The first kappa shape index (κ1) is 18.0. The number of rotatable bonds is 5. The van der Waals surface area contributed by atoms with Gasteiger partial charge in [-0.3, -0.25) is 4.79 Å². The van der Waals surface area contributed by atoms with Crippen molar-refractivity contribution in [3.63, 3.8) is 0 Å². The van der Waals surface area contributed by atoms with Gasteiger partial charge in [0.1, 0.15) is 17.5 Å². The molecule has 2 aromatic carbocycles. The van der Waals surface area contributed by atoms with Crippen LogP contribution in [0.1, 0.15) is 24.4 Å². The van der Waals surface area contributed by atoms with Crippen molar-refractivity contribution in [3.05, 3.63) is 60.2 Å². The highest BCUT2D eigenvalue weighted by Crippen LogP contribution is 2.40. The fraction of sp³-hybridized carbons (Fsp3) is 0.364. The lowest BCUT2D eigenvalue weighted by Gasteiger charge is -2.36. The van der Waals surface area contributed by atoms with Gasteiger partial charge in [-0.15, -0.1) is 0 Å². The first-order valence-corrected chi connectivity index (χ1v) is 10.0. The van der Waals surface area contributed by atoms with E-state index in [-0.39, 0.29) is 30.1 Å². The van der Waals surface area contributed by atoms with E-state index in [1.165, 1.54) is 0 Å². The number of nitriles is 1. The van der Waals surface area contributed by atoms with Crippen molar-refractivity contribution >= 4 is 5.91 Å². The maximum Gasteiger partial charge on any atom is 0.238 e. The van der Waals surface area contributed by atoms with Gasteiger partial charge in [0.25, 0.3) is 0 Å². The van der Waals surface area contributed by atoms with Crippen LogP contribution in [0.15, 0.2) is 54.6 Å². The summed E-state index contributed by atoms with van der Waals surface area (Å²) >= 11 is 0. The van der Waals surface area contributed by atoms with Crippen LogP contribution in [0.5, 0.6) is 11.5 Å². The molecule has 29 heavy (non-hydrogen) atoms. The first-order chi connectivity index (χ1) is 14.2. The Kier molecular flexibility index (Phi) is 4.58. The minimum absolute atomic E-state index is 0.0130. The molecular weight excluding hydrogens is 366 g/mol. The zero-order chi connectivity index (χ0) is 19.8. The van der Waals surface area contributed by atoms with Crippen molar-refractivity contribution in [2.24, 2.45) is 5.92 Å². The van der Waals surface area contributed by atoms with Crippen molar-refractivity contribution in [1.29, 1.82) is 5.26 Å². The molecule has 2 unspecified atom stereocenters. The highest BCUT2D eigenvalue weighted by molar-refractivity contribution is 5.82. The van der Waals surface area contributed by atoms with Crippen molar-refractivity contribution < 1.29 is 9.53 Å². The van der Waals surface area contributed by atoms with Crippen molar-refractivity contribution in [2.45, 2.75) is 37.0 Å². The fourth-order valence-electron chi connectivity index (χ4n) is 4.62. The summed E-state index contributed by atoms with van der Waals surface area (Å²) in [6, 6.07) is 17.5. The van der Waals surface area contributed by atoms with Gasteiger partial charge in [-0.1, -0.05) is 36.4 Å². The Morgan fingerprint density at radius 1 is 1.10 bits per heavy atom. The fourth-order valence-corrected chi connectivity index (χ4v) is 4.62. The normalized spacial score (nSPS) is 29.8. The number of amides is 1. The minimum atomic E-state index is -0.319. The van der Waals surface area contributed by atoms with Crippen LogP contribution in [0.2, 0.25) is 0 Å². The lowest BCUT2D eigenvalue weighted by atomic mass is 9.80. The number of para-hydroxylation sites is 2. The molecule has 0 spiro atoms. The molecule has 7 nitrogen and oxygen atoms in total. The number of hydrogen-bond acceptors (Lipinski definition) is 6. The van der Waals surface area contributed by atoms with Crippen molar-refractivity contribution in [2.75, 3.05) is 6.54 Å². The number of nitrogens with one attached hydrogen (secondary N) is 3. The average molecular weight is 389 g/mol. The maximum absolute atomic E-state index is 12.8. The van der Waals surface area contributed by atoms with E-state index < -0.39 is 0 Å². The molecule has 6 rings (SSSR count). The number of ether oxygens (including phenoxy) is 1. The van der Waals surface area contributed by atoms with Crippen LogP contribution in [0.25, 0.3) is 0 Å². The number of benzene rings is 2. The van der Waals surface area contributed by atoms with Gasteiger partial charge < -0.3 is 15.0 Å². The molecular formula is C22H23N5O2. The van der Waals surface area contributed by atoms with Gasteiger partial charge in [-0.25, -0.2) is 10.9 Å². The number of hydrazine groups is 1. The van der Waals surface area contributed by atoms with E-state index >= 15 is 0 Å². The summed E-state index contributed by atoms with van der Waals surface area (Å²) in [5.74, 6) is 1.94. The molecule has 4 aliphatic rings. The third-order valence-electron chi connectivity index (χ3n) is 6.22. The lowest BCUT2D eigenvalue weighted by Crippen LogP contribution is -2.57. The second-order valence-electron chi connectivity index (χ2n) is 7.93. The van der Waals surface area contributed by atoms with E-state index in [4.69, 9.17) is 10.00 Å². The Labute approximate surface area is 169 Å². The van der Waals surface area contributed by atoms with Gasteiger partial charge in [0.15, 0.2) is 6.19 Å². The molecule has 0 radical (unpaired) electrons. The van der Waals surface area contributed by atoms with Crippen molar-refractivity contribution in [1.82, 2.24) is 21.1 Å². The molecule has 5 atom stereocenters. The predicted molar refractivity (Wildman–Crippen MR) is 107 cm³/mol. The smallest absolute Gasteiger partial charge is 0.238 e. The van der Waals surface area contributed by atoms with Gasteiger partial charge in [0.05, 0.1) is 18.1 Å². The Morgan fingerprint density at radius 3 is 2.69 bits per heavy atom. The molecule has 2 aromatic rings. The molecule has 1 aliphatic carbocycles. The van der Waals surface area contributed by atoms with E-state index in [1.807, 2.05) is 54.6 Å². The highest BCUT2D eigenvalue weighted by atomic mass is 16.5. The van der Waals surface area contributed by atoms with E-state index in [2.05, 4.69) is 22.4 Å². The van der Waals surface area contributed by atoms with Gasteiger partial charge in [-0.05, 0) is 31.0 Å². The van der Waals surface area contributed by atoms with Gasteiger partial charge >= 0.3 is 0 Å². The van der Waals surface area contributed by atoms with Gasteiger partial charge in [0.2, 0.25) is 5.91 Å². The van der Waals surface area contributed by atoms with Crippen LogP contribution in [0.4, 0.5) is 0 Å². The van der Waals surface area contributed by atoms with Crippen LogP contribution < -0.4 is 20.9 Å². The topological polar surface area (TPSA) is 89.4 Å². The number of carbonyl (C=O) groups is 1. The van der Waals surface area contributed by atoms with Crippen LogP contribution >= 0.6 is 0 Å². The molecule has 7 heteroatoms. The minimum Gasteiger partial charge on any atom is -0.457 e. The molecule has 3 heterocycles. The Morgan fingerprint density at radius 2 is 1.90 bits per heavy atom. The molecule has 3 aliphatic heterocycles. The predicted octanol–water partition coefficient (Wildman–Crippen LogP) is 2.06. The Bertz CT molecular complexity index is 944. The summed E-state index contributed by atoms with van der Waals surface area (Å²) in [5, 5.41) is 12.3. The summed E-state index contributed by atoms with van der Waals surface area (Å²) in [7, 11) is 0. The van der Waals surface area contributed by atoms with Crippen LogP contribution in [0.3, 0.4) is 0 Å². The second-order valence-corrected chi connectivity index (χ2v) is 7.93. The second kappa shape index (κ2) is 7.39. The molecule has 3 saturated heterocycles. The summed E-state index contributed by atoms with van der Waals surface area (Å²) in [5.41, 5.74) is 7.38. The summed E-state index contributed by atoms with van der Waals surface area (Å²) < 4.78 is 6.06. The SMILES string of the molecule is N#CN1C[C@@H]2C[C@H]1[C@@H]2NC(=O)C1CC(c2ccccc2Oc2ccccc2)NN1. The molecule has 1 amide bonds. The zero-order valence-corrected chi connectivity index (χ0v) is 15.9. The number of nitrogens with zero attached hydrogens (tertiary/aromatic N) is 2. The van der Waals surface area contributed by atoms with E-state index in [1.54, 1.807) is 4.90 Å². The van der Waals surface area contributed by atoms with Crippen molar-refractivity contribution in [3.8, 4) is 17.7 Å². The zero-order valence-electron chi connectivity index (χ0n) is 15.9. The largest absolute Gasteiger partial charge is 0.457 e. The van der Waals surface area contributed by atoms with Crippen LogP contribution in [-0.2, 0) is 4.79 Å². The lowest BCUT2D eigenvalue weighted by molar-refractivity contribution is -0.124. The van der Waals surface area contributed by atoms with Crippen LogP contribution in [0, 0.1) is 17.4 Å². The first-order valence-electron chi connectivity index (χ1n) is 10.0. The highest BCUT2D eigenvalue weighted by Gasteiger charge is 2.53. The van der Waals surface area contributed by atoms with E-state index in [9.17, 15) is 4.79 Å². The molecule has 4 fully saturated rings. The third-order valence-corrected chi connectivity index (χ3v) is 6.22. The summed E-state index contributed by atoms with van der Waals surface area (Å²) in [6.45, 7) is 0.759. The molecule has 3 N–H and O–H groups in total. The maximum atomic E-state index is 12.8. The van der Waals surface area contributed by atoms with Gasteiger partial charge in [-0.2, -0.15) is 5.26 Å². The average Bonchev–Trinajstić information content (AvgIpc) is 3.47. The number of carbonyl (C=O) groups excluding carboxylic acids is 1. The molecule has 148 valence electrons. The molecule has 0 aromatic heterocycles.